The summed E-state index contributed by atoms with van der Waals surface area (Å²) < 4.78 is 5.11. The zero-order chi connectivity index (χ0) is 13.9. The fourth-order valence-corrected chi connectivity index (χ4v) is 1.18. The molecular formula is C11H17N3O4. The molecule has 3 N–H and O–H groups in total. The summed E-state index contributed by atoms with van der Waals surface area (Å²) in [4.78, 5) is 38.7. The second-order valence-corrected chi connectivity index (χ2v) is 4.89. The highest BCUT2D eigenvalue weighted by Gasteiger charge is 2.23. The zero-order valence-corrected chi connectivity index (χ0v) is 10.8. The minimum Gasteiger partial charge on any atom is -0.458 e. The van der Waals surface area contributed by atoms with Crippen LogP contribution >= 0.6 is 0 Å². The number of nitrogens with one attached hydrogen (secondary N) is 3. The first-order valence-corrected chi connectivity index (χ1v) is 5.50. The van der Waals surface area contributed by atoms with E-state index < -0.39 is 29.2 Å². The van der Waals surface area contributed by atoms with E-state index in [1.54, 1.807) is 20.8 Å². The van der Waals surface area contributed by atoms with E-state index in [0.717, 1.165) is 0 Å². The van der Waals surface area contributed by atoms with Crippen molar-refractivity contribution >= 4 is 11.9 Å². The first-order valence-electron chi connectivity index (χ1n) is 5.50. The molecule has 7 nitrogen and oxygen atoms in total. The predicted octanol–water partition coefficient (Wildman–Crippen LogP) is 0.163. The molecule has 0 bridgehead atoms. The van der Waals surface area contributed by atoms with Crippen molar-refractivity contribution in [3.63, 3.8) is 0 Å². The summed E-state index contributed by atoms with van der Waals surface area (Å²) in [5.74, 6) is -1.08. The van der Waals surface area contributed by atoms with Gasteiger partial charge in [-0.1, -0.05) is 0 Å². The second-order valence-electron chi connectivity index (χ2n) is 4.89. The van der Waals surface area contributed by atoms with Crippen molar-refractivity contribution in [2.75, 3.05) is 0 Å². The quantitative estimate of drug-likeness (QED) is 0.669. The van der Waals surface area contributed by atoms with E-state index in [1.165, 1.54) is 13.1 Å². The summed E-state index contributed by atoms with van der Waals surface area (Å²) >= 11 is 0. The Morgan fingerprint density at radius 3 is 2.44 bits per heavy atom. The molecule has 0 aliphatic carbocycles. The molecule has 0 aliphatic heterocycles. The first-order chi connectivity index (χ1) is 8.19. The van der Waals surface area contributed by atoms with Gasteiger partial charge in [-0.05, 0) is 27.7 Å². The van der Waals surface area contributed by atoms with Crippen molar-refractivity contribution in [1.82, 2.24) is 15.3 Å². The van der Waals surface area contributed by atoms with Gasteiger partial charge < -0.3 is 20.0 Å². The minimum atomic E-state index is -0.796. The van der Waals surface area contributed by atoms with Crippen LogP contribution in [0.15, 0.2) is 11.0 Å². The molecule has 1 amide bonds. The monoisotopic (exact) mass is 255 g/mol. The SMILES string of the molecule is C[C@H](NC(=O)c1c[nH]c(=O)[nH]1)C(=O)OC(C)(C)C. The number of esters is 1. The van der Waals surface area contributed by atoms with E-state index in [4.69, 9.17) is 4.74 Å². The van der Waals surface area contributed by atoms with Crippen LogP contribution in [0.5, 0.6) is 0 Å². The van der Waals surface area contributed by atoms with Gasteiger partial charge in [-0.2, -0.15) is 0 Å². The molecule has 1 aromatic rings. The number of amides is 1. The van der Waals surface area contributed by atoms with Gasteiger partial charge in [0.1, 0.15) is 17.3 Å². The Hall–Kier alpha value is -2.05. The van der Waals surface area contributed by atoms with E-state index in [-0.39, 0.29) is 5.69 Å². The van der Waals surface area contributed by atoms with E-state index in [2.05, 4.69) is 15.3 Å². The van der Waals surface area contributed by atoms with Crippen LogP contribution in [0.3, 0.4) is 0 Å². The van der Waals surface area contributed by atoms with Crippen LogP contribution in [-0.4, -0.2) is 33.5 Å². The highest BCUT2D eigenvalue weighted by atomic mass is 16.6. The highest BCUT2D eigenvalue weighted by Crippen LogP contribution is 2.08. The Balaban J connectivity index is 2.60. The Morgan fingerprint density at radius 2 is 2.00 bits per heavy atom. The number of carbonyl (C=O) groups excluding carboxylic acids is 2. The van der Waals surface area contributed by atoms with Gasteiger partial charge in [-0.15, -0.1) is 0 Å². The summed E-state index contributed by atoms with van der Waals surface area (Å²) in [5, 5.41) is 2.43. The first kappa shape index (κ1) is 14.0. The maximum Gasteiger partial charge on any atom is 0.328 e. The maximum absolute atomic E-state index is 11.6. The Labute approximate surface area is 104 Å². The number of imidazole rings is 1. The maximum atomic E-state index is 11.6. The van der Waals surface area contributed by atoms with Crippen molar-refractivity contribution in [3.8, 4) is 0 Å². The lowest BCUT2D eigenvalue weighted by Crippen LogP contribution is -2.42. The van der Waals surface area contributed by atoms with E-state index in [9.17, 15) is 14.4 Å². The average Bonchev–Trinajstić information content (AvgIpc) is 2.62. The number of rotatable bonds is 3. The molecule has 1 aromatic heterocycles. The van der Waals surface area contributed by atoms with Gasteiger partial charge in [0.15, 0.2) is 0 Å². The molecule has 1 rings (SSSR count). The molecule has 0 fully saturated rings. The number of carbonyl (C=O) groups is 2. The molecule has 0 unspecified atom stereocenters. The standard InChI is InChI=1S/C11H17N3O4/c1-6(9(16)18-11(2,3)4)13-8(15)7-5-12-10(17)14-7/h5-6H,1-4H3,(H,13,15)(H2,12,14,17)/t6-/m0/s1. The van der Waals surface area contributed by atoms with Crippen LogP contribution in [0, 0.1) is 0 Å². The van der Waals surface area contributed by atoms with Crippen molar-refractivity contribution in [3.05, 3.63) is 22.4 Å². The van der Waals surface area contributed by atoms with Crippen LogP contribution in [0.2, 0.25) is 0 Å². The fraction of sp³-hybridized carbons (Fsp3) is 0.545. The van der Waals surface area contributed by atoms with Crippen LogP contribution in [0.4, 0.5) is 0 Å². The van der Waals surface area contributed by atoms with Gasteiger partial charge in [0.25, 0.3) is 5.91 Å². The topological polar surface area (TPSA) is 104 Å². The molecule has 18 heavy (non-hydrogen) atoms. The lowest BCUT2D eigenvalue weighted by molar-refractivity contribution is -0.156. The second kappa shape index (κ2) is 5.07. The van der Waals surface area contributed by atoms with Gasteiger partial charge in [0, 0.05) is 6.20 Å². The number of aromatic amines is 2. The van der Waals surface area contributed by atoms with Crippen LogP contribution in [-0.2, 0) is 9.53 Å². The van der Waals surface area contributed by atoms with E-state index in [1.807, 2.05) is 0 Å². The number of ether oxygens (including phenoxy) is 1. The van der Waals surface area contributed by atoms with Crippen molar-refractivity contribution in [2.24, 2.45) is 0 Å². The third-order valence-electron chi connectivity index (χ3n) is 1.95. The molecule has 1 atom stereocenters. The average molecular weight is 255 g/mol. The van der Waals surface area contributed by atoms with Crippen molar-refractivity contribution in [1.29, 1.82) is 0 Å². The zero-order valence-electron chi connectivity index (χ0n) is 10.8. The minimum absolute atomic E-state index is 0.0652. The fourth-order valence-electron chi connectivity index (χ4n) is 1.18. The number of hydrogen-bond donors (Lipinski definition) is 3. The number of H-pyrrole nitrogens is 2. The van der Waals surface area contributed by atoms with E-state index in [0.29, 0.717) is 0 Å². The largest absolute Gasteiger partial charge is 0.458 e. The highest BCUT2D eigenvalue weighted by molar-refractivity contribution is 5.94. The Bertz CT molecular complexity index is 495. The van der Waals surface area contributed by atoms with Gasteiger partial charge in [-0.3, -0.25) is 4.79 Å². The van der Waals surface area contributed by atoms with Gasteiger partial charge in [0.2, 0.25) is 0 Å². The summed E-state index contributed by atoms with van der Waals surface area (Å²) in [6.07, 6.45) is 1.24. The van der Waals surface area contributed by atoms with Crippen LogP contribution in [0.1, 0.15) is 38.2 Å². The molecule has 7 heteroatoms. The third-order valence-corrected chi connectivity index (χ3v) is 1.95. The normalized spacial score (nSPS) is 12.9. The molecule has 0 saturated carbocycles. The molecule has 0 saturated heterocycles. The molecule has 0 aliphatic rings. The summed E-state index contributed by atoms with van der Waals surface area (Å²) in [6, 6.07) is -0.796. The van der Waals surface area contributed by atoms with Gasteiger partial charge >= 0.3 is 11.7 Å². The lowest BCUT2D eigenvalue weighted by atomic mass is 10.2. The molecule has 0 radical (unpaired) electrons. The third kappa shape index (κ3) is 4.08. The van der Waals surface area contributed by atoms with Crippen molar-refractivity contribution in [2.45, 2.75) is 39.3 Å². The lowest BCUT2D eigenvalue weighted by Gasteiger charge is -2.22. The van der Waals surface area contributed by atoms with Crippen molar-refractivity contribution < 1.29 is 14.3 Å². The summed E-state index contributed by atoms with van der Waals surface area (Å²) in [7, 11) is 0. The van der Waals surface area contributed by atoms with Gasteiger partial charge in [0.05, 0.1) is 0 Å². The summed E-state index contributed by atoms with van der Waals surface area (Å²) in [5.41, 5.74) is -1.03. The smallest absolute Gasteiger partial charge is 0.328 e. The Morgan fingerprint density at radius 1 is 1.39 bits per heavy atom. The molecule has 1 heterocycles. The number of aromatic nitrogens is 2. The molecule has 0 aromatic carbocycles. The van der Waals surface area contributed by atoms with Crippen LogP contribution < -0.4 is 11.0 Å². The molecule has 100 valence electrons. The molecule has 0 spiro atoms. The molecular weight excluding hydrogens is 238 g/mol. The predicted molar refractivity (Wildman–Crippen MR) is 64.2 cm³/mol. The van der Waals surface area contributed by atoms with E-state index >= 15 is 0 Å². The number of hydrogen-bond acceptors (Lipinski definition) is 4. The van der Waals surface area contributed by atoms with Gasteiger partial charge in [-0.25, -0.2) is 9.59 Å². The summed E-state index contributed by atoms with van der Waals surface area (Å²) in [6.45, 7) is 6.73. The van der Waals surface area contributed by atoms with Crippen LogP contribution in [0.25, 0.3) is 0 Å². The Kier molecular flexibility index (Phi) is 3.95.